The number of hydrogen-bond acceptors (Lipinski definition) is 4. The summed E-state index contributed by atoms with van der Waals surface area (Å²) in [5.41, 5.74) is 6.59. The molecule has 142 valence electrons. The first kappa shape index (κ1) is 17.4. The minimum absolute atomic E-state index is 0.654. The summed E-state index contributed by atoms with van der Waals surface area (Å²) in [7, 11) is 1.67. The van der Waals surface area contributed by atoms with Gasteiger partial charge in [0.1, 0.15) is 11.6 Å². The maximum absolute atomic E-state index is 5.30. The van der Waals surface area contributed by atoms with E-state index in [0.29, 0.717) is 12.2 Å². The van der Waals surface area contributed by atoms with Crippen LogP contribution in [0.2, 0.25) is 0 Å². The predicted molar refractivity (Wildman–Crippen MR) is 115 cm³/mol. The zero-order chi connectivity index (χ0) is 19.8. The molecular weight excluding hydrogens is 360 g/mol. The minimum atomic E-state index is 0.654. The van der Waals surface area contributed by atoms with Gasteiger partial charge in [-0.3, -0.25) is 0 Å². The summed E-state index contributed by atoms with van der Waals surface area (Å²) in [6, 6.07) is 24.4. The van der Waals surface area contributed by atoms with E-state index in [0.717, 1.165) is 33.8 Å². The molecule has 0 saturated heterocycles. The second kappa shape index (κ2) is 7.02. The van der Waals surface area contributed by atoms with E-state index in [-0.39, 0.29) is 0 Å². The first-order valence-electron chi connectivity index (χ1n) is 9.54. The predicted octanol–water partition coefficient (Wildman–Crippen LogP) is 5.01. The second-order valence-electron chi connectivity index (χ2n) is 7.10. The molecule has 2 aromatic heterocycles. The third-order valence-electron chi connectivity index (χ3n) is 5.07. The van der Waals surface area contributed by atoms with Crippen molar-refractivity contribution in [3.05, 3.63) is 83.9 Å². The molecule has 0 saturated carbocycles. The Morgan fingerprint density at radius 3 is 2.17 bits per heavy atom. The van der Waals surface area contributed by atoms with Crippen LogP contribution in [0.25, 0.3) is 33.7 Å². The molecule has 0 amide bonds. The zero-order valence-electron chi connectivity index (χ0n) is 16.3. The Kier molecular flexibility index (Phi) is 4.21. The third-order valence-corrected chi connectivity index (χ3v) is 5.07. The van der Waals surface area contributed by atoms with Gasteiger partial charge in [0.15, 0.2) is 11.3 Å². The Balaban J connectivity index is 1.72. The van der Waals surface area contributed by atoms with E-state index in [9.17, 15) is 0 Å². The minimum Gasteiger partial charge on any atom is -0.497 e. The molecule has 2 heterocycles. The number of aryl methyl sites for hydroxylation is 1. The van der Waals surface area contributed by atoms with Gasteiger partial charge in [0, 0.05) is 5.56 Å². The van der Waals surface area contributed by atoms with Crippen molar-refractivity contribution in [2.24, 2.45) is 0 Å². The van der Waals surface area contributed by atoms with Gasteiger partial charge in [-0.05, 0) is 48.9 Å². The van der Waals surface area contributed by atoms with E-state index in [1.165, 1.54) is 11.1 Å². The average Bonchev–Trinajstić information content (AvgIpc) is 3.11. The molecule has 3 aromatic carbocycles. The van der Waals surface area contributed by atoms with Crippen LogP contribution in [0.15, 0.2) is 72.8 Å². The lowest BCUT2D eigenvalue weighted by molar-refractivity contribution is 0.415. The summed E-state index contributed by atoms with van der Waals surface area (Å²) in [6.07, 6.45) is 0. The fourth-order valence-corrected chi connectivity index (χ4v) is 3.48. The number of nitrogens with zero attached hydrogens (tertiary/aromatic N) is 4. The lowest BCUT2D eigenvalue weighted by atomic mass is 10.1. The van der Waals surface area contributed by atoms with Gasteiger partial charge in [-0.15, -0.1) is 0 Å². The summed E-state index contributed by atoms with van der Waals surface area (Å²) in [4.78, 5) is 14.5. The number of benzene rings is 3. The number of rotatable bonds is 4. The first-order valence-corrected chi connectivity index (χ1v) is 9.54. The molecule has 0 aliphatic heterocycles. The number of aromatic nitrogens is 4. The normalized spacial score (nSPS) is 11.2. The number of methoxy groups -OCH3 is 1. The summed E-state index contributed by atoms with van der Waals surface area (Å²) in [5, 5.41) is 0. The van der Waals surface area contributed by atoms with Crippen LogP contribution in [0.4, 0.5) is 0 Å². The Morgan fingerprint density at radius 2 is 1.48 bits per heavy atom. The molecule has 0 aliphatic carbocycles. The standard InChI is InChI=1S/C24H20N4O/c1-16-7-9-17(10-8-16)15-28-23(18-11-13-19(29-2)14-12-18)27-22-24(28)26-21-6-4-3-5-20(21)25-22/h3-14H,15H2,1-2H3. The van der Waals surface area contributed by atoms with Crippen molar-refractivity contribution in [1.82, 2.24) is 19.5 Å². The van der Waals surface area contributed by atoms with E-state index in [4.69, 9.17) is 19.7 Å². The maximum Gasteiger partial charge on any atom is 0.198 e. The fraction of sp³-hybridized carbons (Fsp3) is 0.125. The largest absolute Gasteiger partial charge is 0.497 e. The van der Waals surface area contributed by atoms with Crippen molar-refractivity contribution < 1.29 is 4.74 Å². The average molecular weight is 380 g/mol. The monoisotopic (exact) mass is 380 g/mol. The highest BCUT2D eigenvalue weighted by Crippen LogP contribution is 2.27. The number of para-hydroxylation sites is 2. The van der Waals surface area contributed by atoms with Crippen LogP contribution in [0.1, 0.15) is 11.1 Å². The molecule has 0 N–H and O–H groups in total. The smallest absolute Gasteiger partial charge is 0.198 e. The number of ether oxygens (including phenoxy) is 1. The summed E-state index contributed by atoms with van der Waals surface area (Å²) < 4.78 is 7.44. The van der Waals surface area contributed by atoms with Crippen LogP contribution in [0, 0.1) is 6.92 Å². The SMILES string of the molecule is COc1ccc(-c2nc3nc4ccccc4nc3n2Cc2ccc(C)cc2)cc1. The molecule has 5 nitrogen and oxygen atoms in total. The van der Waals surface area contributed by atoms with Crippen molar-refractivity contribution in [3.63, 3.8) is 0 Å². The van der Waals surface area contributed by atoms with Crippen LogP contribution < -0.4 is 4.74 Å². The van der Waals surface area contributed by atoms with Crippen LogP contribution in [-0.2, 0) is 6.54 Å². The van der Waals surface area contributed by atoms with E-state index < -0.39 is 0 Å². The van der Waals surface area contributed by atoms with Gasteiger partial charge in [-0.1, -0.05) is 42.0 Å². The molecule has 0 aliphatic rings. The summed E-state index contributed by atoms with van der Waals surface area (Å²) in [6.45, 7) is 2.77. The highest BCUT2D eigenvalue weighted by Gasteiger charge is 2.16. The zero-order valence-corrected chi connectivity index (χ0v) is 16.3. The molecule has 0 fully saturated rings. The Labute approximate surface area is 168 Å². The van der Waals surface area contributed by atoms with E-state index >= 15 is 0 Å². The molecule has 0 bridgehead atoms. The molecule has 29 heavy (non-hydrogen) atoms. The molecule has 5 heteroatoms. The van der Waals surface area contributed by atoms with Crippen molar-refractivity contribution in [3.8, 4) is 17.1 Å². The van der Waals surface area contributed by atoms with E-state index in [1.807, 2.05) is 48.5 Å². The molecular formula is C24H20N4O. The van der Waals surface area contributed by atoms with E-state index in [1.54, 1.807) is 7.11 Å². The van der Waals surface area contributed by atoms with Crippen molar-refractivity contribution >= 4 is 22.3 Å². The molecule has 0 spiro atoms. The molecule has 0 radical (unpaired) electrons. The number of imidazole rings is 1. The quantitative estimate of drug-likeness (QED) is 0.440. The lowest BCUT2D eigenvalue weighted by Gasteiger charge is -2.10. The number of fused-ring (bicyclic) bond motifs is 2. The summed E-state index contributed by atoms with van der Waals surface area (Å²) >= 11 is 0. The lowest BCUT2D eigenvalue weighted by Crippen LogP contribution is -2.03. The van der Waals surface area contributed by atoms with Crippen LogP contribution >= 0.6 is 0 Å². The van der Waals surface area contributed by atoms with Gasteiger partial charge in [-0.25, -0.2) is 15.0 Å². The van der Waals surface area contributed by atoms with Gasteiger partial charge in [0.25, 0.3) is 0 Å². The molecule has 0 atom stereocenters. The highest BCUT2D eigenvalue weighted by molar-refractivity contribution is 5.85. The molecule has 5 aromatic rings. The summed E-state index contributed by atoms with van der Waals surface area (Å²) in [5.74, 6) is 1.66. The van der Waals surface area contributed by atoms with Crippen LogP contribution in [-0.4, -0.2) is 26.6 Å². The Morgan fingerprint density at radius 1 is 0.793 bits per heavy atom. The van der Waals surface area contributed by atoms with Crippen LogP contribution in [0.5, 0.6) is 5.75 Å². The molecule has 0 unspecified atom stereocenters. The van der Waals surface area contributed by atoms with Crippen LogP contribution in [0.3, 0.4) is 0 Å². The second-order valence-corrected chi connectivity index (χ2v) is 7.10. The van der Waals surface area contributed by atoms with Gasteiger partial charge in [-0.2, -0.15) is 0 Å². The topological polar surface area (TPSA) is 52.8 Å². The Hall–Kier alpha value is -3.73. The van der Waals surface area contributed by atoms with Gasteiger partial charge in [0.05, 0.1) is 24.7 Å². The highest BCUT2D eigenvalue weighted by atomic mass is 16.5. The maximum atomic E-state index is 5.30. The van der Waals surface area contributed by atoms with E-state index in [2.05, 4.69) is 35.8 Å². The first-order chi connectivity index (χ1) is 14.2. The van der Waals surface area contributed by atoms with Gasteiger partial charge >= 0.3 is 0 Å². The molecule has 5 rings (SSSR count). The Bertz CT molecular complexity index is 1310. The van der Waals surface area contributed by atoms with Gasteiger partial charge in [0.2, 0.25) is 0 Å². The third kappa shape index (κ3) is 3.21. The van der Waals surface area contributed by atoms with Crippen molar-refractivity contribution in [1.29, 1.82) is 0 Å². The number of hydrogen-bond donors (Lipinski definition) is 0. The van der Waals surface area contributed by atoms with Crippen molar-refractivity contribution in [2.75, 3.05) is 7.11 Å². The van der Waals surface area contributed by atoms with Crippen molar-refractivity contribution in [2.45, 2.75) is 13.5 Å². The fourth-order valence-electron chi connectivity index (χ4n) is 3.48. The van der Waals surface area contributed by atoms with Gasteiger partial charge < -0.3 is 9.30 Å².